The van der Waals surface area contributed by atoms with Crippen LogP contribution < -0.4 is 5.32 Å². The van der Waals surface area contributed by atoms with E-state index in [4.69, 9.17) is 0 Å². The van der Waals surface area contributed by atoms with E-state index in [0.29, 0.717) is 13.0 Å². The summed E-state index contributed by atoms with van der Waals surface area (Å²) in [5.41, 5.74) is 1.79. The molecule has 132 valence electrons. The molecule has 1 N–H and O–H groups in total. The second-order valence-corrected chi connectivity index (χ2v) is 6.95. The van der Waals surface area contributed by atoms with Crippen LogP contribution in [0.3, 0.4) is 0 Å². The number of hydrogen-bond donors (Lipinski definition) is 1. The maximum Gasteiger partial charge on any atom is 0.245 e. The van der Waals surface area contributed by atoms with E-state index < -0.39 is 6.04 Å². The van der Waals surface area contributed by atoms with E-state index in [1.54, 1.807) is 4.52 Å². The van der Waals surface area contributed by atoms with Crippen LogP contribution in [0.5, 0.6) is 0 Å². The number of nitrogens with zero attached hydrogens (tertiary/aromatic N) is 7. The van der Waals surface area contributed by atoms with Gasteiger partial charge >= 0.3 is 0 Å². The van der Waals surface area contributed by atoms with Gasteiger partial charge in [0.25, 0.3) is 0 Å². The monoisotopic (exact) mass is 368 g/mol. The van der Waals surface area contributed by atoms with Crippen LogP contribution in [0.15, 0.2) is 42.9 Å². The molecule has 0 radical (unpaired) electrons. The van der Waals surface area contributed by atoms with Gasteiger partial charge in [-0.3, -0.25) is 4.79 Å². The molecule has 0 aliphatic rings. The Balaban J connectivity index is 1.47. The molecule has 3 heterocycles. The highest BCUT2D eigenvalue weighted by atomic mass is 32.1. The number of amides is 1. The Morgan fingerprint density at radius 2 is 2.15 bits per heavy atom. The van der Waals surface area contributed by atoms with Crippen LogP contribution in [0.1, 0.15) is 22.3 Å². The van der Waals surface area contributed by atoms with Crippen molar-refractivity contribution in [2.75, 3.05) is 0 Å². The molecular formula is C16H16N8OS. The van der Waals surface area contributed by atoms with Gasteiger partial charge in [-0.15, -0.1) is 5.10 Å². The fourth-order valence-corrected chi connectivity index (χ4v) is 3.42. The van der Waals surface area contributed by atoms with Crippen molar-refractivity contribution in [1.82, 2.24) is 40.1 Å². The third-order valence-corrected chi connectivity index (χ3v) is 4.73. The van der Waals surface area contributed by atoms with Crippen molar-refractivity contribution in [1.29, 1.82) is 0 Å². The molecule has 26 heavy (non-hydrogen) atoms. The van der Waals surface area contributed by atoms with Crippen molar-refractivity contribution in [3.05, 3.63) is 59.1 Å². The van der Waals surface area contributed by atoms with E-state index in [9.17, 15) is 4.79 Å². The topological polar surface area (TPSA) is 103 Å². The number of fused-ring (bicyclic) bond motifs is 1. The van der Waals surface area contributed by atoms with Gasteiger partial charge in [0.1, 0.15) is 17.4 Å². The minimum absolute atomic E-state index is 0.165. The summed E-state index contributed by atoms with van der Waals surface area (Å²) >= 11 is 1.51. The Labute approximate surface area is 152 Å². The predicted octanol–water partition coefficient (Wildman–Crippen LogP) is 1.19. The molecule has 1 unspecified atom stereocenters. The van der Waals surface area contributed by atoms with Crippen molar-refractivity contribution in [2.24, 2.45) is 0 Å². The van der Waals surface area contributed by atoms with Crippen LogP contribution in [-0.2, 0) is 17.8 Å². The van der Waals surface area contributed by atoms with Crippen molar-refractivity contribution in [2.45, 2.75) is 25.9 Å². The summed E-state index contributed by atoms with van der Waals surface area (Å²) in [6.45, 7) is 2.25. The molecule has 1 aromatic carbocycles. The van der Waals surface area contributed by atoms with Gasteiger partial charge in [0, 0.05) is 6.42 Å². The first-order valence-corrected chi connectivity index (χ1v) is 8.86. The summed E-state index contributed by atoms with van der Waals surface area (Å²) in [4.78, 5) is 18.0. The Bertz CT molecular complexity index is 976. The van der Waals surface area contributed by atoms with Gasteiger partial charge in [0.15, 0.2) is 0 Å². The predicted molar refractivity (Wildman–Crippen MR) is 94.4 cm³/mol. The van der Waals surface area contributed by atoms with Crippen LogP contribution in [0.2, 0.25) is 0 Å². The molecule has 3 aromatic heterocycles. The summed E-state index contributed by atoms with van der Waals surface area (Å²) in [5.74, 6) is -0.165. The van der Waals surface area contributed by atoms with Gasteiger partial charge in [-0.1, -0.05) is 41.7 Å². The first-order chi connectivity index (χ1) is 12.7. The Morgan fingerprint density at radius 1 is 1.31 bits per heavy atom. The molecule has 0 saturated heterocycles. The first-order valence-electron chi connectivity index (χ1n) is 8.05. The summed E-state index contributed by atoms with van der Waals surface area (Å²) in [5, 5.41) is 19.4. The largest absolute Gasteiger partial charge is 0.349 e. The number of hydrogen-bond acceptors (Lipinski definition) is 7. The van der Waals surface area contributed by atoms with Gasteiger partial charge in [0.05, 0.1) is 18.4 Å². The highest BCUT2D eigenvalue weighted by molar-refractivity contribution is 7.16. The highest BCUT2D eigenvalue weighted by Gasteiger charge is 2.22. The molecule has 0 spiro atoms. The number of aryl methyl sites for hydroxylation is 1. The van der Waals surface area contributed by atoms with Gasteiger partial charge in [0.2, 0.25) is 10.9 Å². The summed E-state index contributed by atoms with van der Waals surface area (Å²) in [7, 11) is 0. The summed E-state index contributed by atoms with van der Waals surface area (Å²) in [6.07, 6.45) is 3.77. The zero-order valence-electron chi connectivity index (χ0n) is 14.0. The molecule has 4 rings (SSSR count). The summed E-state index contributed by atoms with van der Waals surface area (Å²) < 4.78 is 3.20. The molecule has 0 saturated carbocycles. The number of tetrazole rings is 1. The standard InChI is InChI=1S/C16H16N8OS/c1-11-20-23-9-13(19-16(23)26-11)8-17-15(25)14(24-10-18-21-22-24)7-12-5-3-2-4-6-12/h2-6,9-10,14H,7-8H2,1H3,(H,17,25). The van der Waals surface area contributed by atoms with E-state index in [-0.39, 0.29) is 5.91 Å². The third-order valence-electron chi connectivity index (χ3n) is 3.90. The number of carbonyl (C=O) groups is 1. The van der Waals surface area contributed by atoms with Crippen molar-refractivity contribution in [3.8, 4) is 0 Å². The Kier molecular flexibility index (Phi) is 4.40. The van der Waals surface area contributed by atoms with E-state index in [1.807, 2.05) is 43.5 Å². The normalized spacial score (nSPS) is 12.3. The number of carbonyl (C=O) groups excluding carboxylic acids is 1. The maximum atomic E-state index is 12.8. The molecule has 0 aliphatic heterocycles. The number of nitrogens with one attached hydrogen (secondary N) is 1. The molecule has 1 atom stereocenters. The smallest absolute Gasteiger partial charge is 0.245 e. The third kappa shape index (κ3) is 3.45. The number of benzene rings is 1. The van der Waals surface area contributed by atoms with E-state index >= 15 is 0 Å². The molecule has 0 aliphatic carbocycles. The lowest BCUT2D eigenvalue weighted by atomic mass is 10.1. The molecule has 4 aromatic rings. The van der Waals surface area contributed by atoms with Crippen LogP contribution in [0.25, 0.3) is 4.96 Å². The zero-order chi connectivity index (χ0) is 17.9. The van der Waals surface area contributed by atoms with E-state index in [0.717, 1.165) is 21.2 Å². The number of imidazole rings is 1. The van der Waals surface area contributed by atoms with Gasteiger partial charge in [-0.05, 0) is 22.9 Å². The Hall–Kier alpha value is -3.14. The zero-order valence-corrected chi connectivity index (χ0v) is 14.8. The lowest BCUT2D eigenvalue weighted by Crippen LogP contribution is -2.34. The average molecular weight is 368 g/mol. The quantitative estimate of drug-likeness (QED) is 0.548. The van der Waals surface area contributed by atoms with Crippen molar-refractivity contribution in [3.63, 3.8) is 0 Å². The number of rotatable bonds is 6. The van der Waals surface area contributed by atoms with Crippen LogP contribution in [0.4, 0.5) is 0 Å². The van der Waals surface area contributed by atoms with Crippen molar-refractivity contribution >= 4 is 22.2 Å². The molecule has 1 amide bonds. The van der Waals surface area contributed by atoms with Crippen LogP contribution in [-0.4, -0.2) is 40.7 Å². The second-order valence-electron chi connectivity index (χ2n) is 5.79. The molecular weight excluding hydrogens is 352 g/mol. The number of aromatic nitrogens is 7. The minimum Gasteiger partial charge on any atom is -0.349 e. The highest BCUT2D eigenvalue weighted by Crippen LogP contribution is 2.15. The first kappa shape index (κ1) is 16.3. The van der Waals surface area contributed by atoms with E-state index in [2.05, 4.69) is 30.9 Å². The molecule has 0 bridgehead atoms. The van der Waals surface area contributed by atoms with E-state index in [1.165, 1.54) is 22.3 Å². The fourth-order valence-electron chi connectivity index (χ4n) is 2.68. The van der Waals surface area contributed by atoms with Gasteiger partial charge in [-0.2, -0.15) is 5.10 Å². The molecule has 0 fully saturated rings. The van der Waals surface area contributed by atoms with Crippen LogP contribution >= 0.6 is 11.3 Å². The van der Waals surface area contributed by atoms with Gasteiger partial charge < -0.3 is 5.32 Å². The van der Waals surface area contributed by atoms with Gasteiger partial charge in [-0.25, -0.2) is 14.2 Å². The minimum atomic E-state index is -0.531. The fraction of sp³-hybridized carbons (Fsp3) is 0.250. The van der Waals surface area contributed by atoms with Crippen molar-refractivity contribution < 1.29 is 4.79 Å². The van der Waals surface area contributed by atoms with Crippen LogP contribution in [0, 0.1) is 6.92 Å². The average Bonchev–Trinajstić information content (AvgIpc) is 3.35. The SMILES string of the molecule is Cc1nn2cc(CNC(=O)C(Cc3ccccc3)n3cnnn3)nc2s1. The second kappa shape index (κ2) is 7.00. The lowest BCUT2D eigenvalue weighted by Gasteiger charge is -2.16. The Morgan fingerprint density at radius 3 is 2.88 bits per heavy atom. The maximum absolute atomic E-state index is 12.8. The summed E-state index contributed by atoms with van der Waals surface area (Å²) in [6, 6.07) is 9.24. The molecule has 10 heteroatoms. The lowest BCUT2D eigenvalue weighted by molar-refractivity contribution is -0.124. The molecule has 9 nitrogen and oxygen atoms in total.